The molecule has 3 rings (SSSR count). The summed E-state index contributed by atoms with van der Waals surface area (Å²) in [5.74, 6) is -1.09. The molecule has 2 heterocycles. The molecule has 8 nitrogen and oxygen atoms in total. The summed E-state index contributed by atoms with van der Waals surface area (Å²) in [5.41, 5.74) is 1.20. The number of para-hydroxylation sites is 1. The van der Waals surface area contributed by atoms with Crippen LogP contribution >= 0.6 is 22.9 Å². The van der Waals surface area contributed by atoms with E-state index in [4.69, 9.17) is 16.3 Å². The van der Waals surface area contributed by atoms with E-state index in [0.717, 1.165) is 11.1 Å². The maximum atomic E-state index is 12.5. The molecule has 0 saturated heterocycles. The number of aromatic nitrogens is 2. The number of rotatable bonds is 9. The molecule has 1 N–H and O–H groups in total. The predicted molar refractivity (Wildman–Crippen MR) is 119 cm³/mol. The van der Waals surface area contributed by atoms with Crippen LogP contribution < -0.4 is 4.72 Å². The maximum absolute atomic E-state index is 12.5. The predicted octanol–water partition coefficient (Wildman–Crippen LogP) is 3.03. The van der Waals surface area contributed by atoms with Gasteiger partial charge in [0, 0.05) is 11.4 Å². The number of ketones is 1. The van der Waals surface area contributed by atoms with Gasteiger partial charge in [-0.25, -0.2) is 22.6 Å². The Hall–Kier alpha value is -2.53. The number of hydrogen-bond donors (Lipinski definition) is 1. The lowest BCUT2D eigenvalue weighted by Crippen LogP contribution is -2.24. The van der Waals surface area contributed by atoms with Gasteiger partial charge in [-0.15, -0.1) is 11.3 Å². The van der Waals surface area contributed by atoms with Gasteiger partial charge in [0.15, 0.2) is 6.61 Å². The van der Waals surface area contributed by atoms with Crippen molar-refractivity contribution in [3.8, 4) is 5.69 Å². The Morgan fingerprint density at radius 1 is 1.19 bits per heavy atom. The van der Waals surface area contributed by atoms with E-state index in [1.165, 1.54) is 16.0 Å². The highest BCUT2D eigenvalue weighted by atomic mass is 35.5. The van der Waals surface area contributed by atoms with E-state index in [1.54, 1.807) is 31.2 Å². The summed E-state index contributed by atoms with van der Waals surface area (Å²) in [6, 6.07) is 12.5. The van der Waals surface area contributed by atoms with Crippen LogP contribution in [-0.4, -0.2) is 49.4 Å². The molecule has 0 aliphatic carbocycles. The molecule has 0 spiro atoms. The van der Waals surface area contributed by atoms with Gasteiger partial charge < -0.3 is 4.74 Å². The van der Waals surface area contributed by atoms with E-state index in [9.17, 15) is 18.0 Å². The molecule has 0 aliphatic heterocycles. The zero-order chi connectivity index (χ0) is 22.6. The van der Waals surface area contributed by atoms with Crippen LogP contribution in [0.3, 0.4) is 0 Å². The van der Waals surface area contributed by atoms with Crippen LogP contribution in [0.25, 0.3) is 5.69 Å². The zero-order valence-corrected chi connectivity index (χ0v) is 19.2. The third kappa shape index (κ3) is 6.01. The molecule has 1 aromatic carbocycles. The molecule has 0 radical (unpaired) electrons. The number of Topliss-reactive ketones (excluding diaryl/α,β-unsaturated/α-hetero) is 1. The van der Waals surface area contributed by atoms with E-state index >= 15 is 0 Å². The van der Waals surface area contributed by atoms with Crippen LogP contribution in [-0.2, 0) is 21.2 Å². The largest absolute Gasteiger partial charge is 0.454 e. The fourth-order valence-corrected chi connectivity index (χ4v) is 4.52. The molecule has 0 saturated carbocycles. The van der Waals surface area contributed by atoms with E-state index < -0.39 is 22.6 Å². The van der Waals surface area contributed by atoms with Gasteiger partial charge in [-0.1, -0.05) is 29.8 Å². The molecule has 0 amide bonds. The number of nitrogens with one attached hydrogen (secondary N) is 1. The monoisotopic (exact) mass is 481 g/mol. The fraction of sp³-hybridized carbons (Fsp3) is 0.250. The number of benzene rings is 1. The van der Waals surface area contributed by atoms with E-state index in [2.05, 4.69) is 9.82 Å². The average molecular weight is 482 g/mol. The Labute approximate surface area is 188 Å². The number of thiophene rings is 1. The molecule has 3 aromatic rings. The minimum Gasteiger partial charge on any atom is -0.454 e. The molecule has 2 aromatic heterocycles. The number of nitrogens with zero attached hydrogens (tertiary/aromatic N) is 2. The van der Waals surface area contributed by atoms with Crippen molar-refractivity contribution in [1.29, 1.82) is 0 Å². The molecule has 0 aliphatic rings. The van der Waals surface area contributed by atoms with Gasteiger partial charge in [-0.2, -0.15) is 5.10 Å². The second-order valence-corrected chi connectivity index (χ2v) is 10.0. The summed E-state index contributed by atoms with van der Waals surface area (Å²) in [6.07, 6.45) is 1.54. The van der Waals surface area contributed by atoms with Crippen molar-refractivity contribution in [2.75, 3.05) is 19.4 Å². The first-order chi connectivity index (χ1) is 14.7. The van der Waals surface area contributed by atoms with Crippen LogP contribution in [0.1, 0.15) is 30.6 Å². The molecule has 31 heavy (non-hydrogen) atoms. The molecule has 0 atom stereocenters. The van der Waals surface area contributed by atoms with Crippen molar-refractivity contribution in [1.82, 2.24) is 14.5 Å². The number of halogens is 1. The highest BCUT2D eigenvalue weighted by molar-refractivity contribution is 7.88. The van der Waals surface area contributed by atoms with E-state index in [0.29, 0.717) is 22.7 Å². The Kier molecular flexibility index (Phi) is 7.26. The molecule has 0 fully saturated rings. The smallest absolute Gasteiger partial charge is 0.343 e. The Morgan fingerprint density at radius 2 is 1.90 bits per heavy atom. The Bertz CT molecular complexity index is 1200. The number of sulfonamides is 1. The van der Waals surface area contributed by atoms with Gasteiger partial charge >= 0.3 is 5.97 Å². The maximum Gasteiger partial charge on any atom is 0.343 e. The quantitative estimate of drug-likeness (QED) is 0.372. The number of esters is 1. The van der Waals surface area contributed by atoms with Crippen LogP contribution in [0.2, 0.25) is 5.15 Å². The lowest BCUT2D eigenvalue weighted by atomic mass is 10.2. The molecular formula is C20H20ClN3O5S2. The van der Waals surface area contributed by atoms with Gasteiger partial charge in [-0.05, 0) is 37.6 Å². The van der Waals surface area contributed by atoms with Crippen molar-refractivity contribution in [3.05, 3.63) is 68.6 Å². The van der Waals surface area contributed by atoms with E-state index in [-0.39, 0.29) is 23.0 Å². The number of hydrogen-bond acceptors (Lipinski definition) is 7. The average Bonchev–Trinajstić information content (AvgIpc) is 3.30. The number of aryl methyl sites for hydroxylation is 1. The van der Waals surface area contributed by atoms with Crippen molar-refractivity contribution in [3.63, 3.8) is 0 Å². The van der Waals surface area contributed by atoms with E-state index in [1.807, 2.05) is 18.2 Å². The molecule has 0 bridgehead atoms. The van der Waals surface area contributed by atoms with Crippen LogP contribution in [0.15, 0.2) is 42.5 Å². The third-order valence-corrected chi connectivity index (χ3v) is 6.48. The summed E-state index contributed by atoms with van der Waals surface area (Å²) in [5, 5.41) is 4.40. The lowest BCUT2D eigenvalue weighted by Gasteiger charge is -2.04. The van der Waals surface area contributed by atoms with Gasteiger partial charge in [0.05, 0.1) is 22.5 Å². The zero-order valence-electron chi connectivity index (χ0n) is 16.8. The number of ether oxygens (including phenoxy) is 1. The molecular weight excluding hydrogens is 462 g/mol. The minimum atomic E-state index is -3.26. The van der Waals surface area contributed by atoms with Gasteiger partial charge in [0.1, 0.15) is 10.7 Å². The first-order valence-corrected chi connectivity index (χ1v) is 12.3. The minimum absolute atomic E-state index is 0.108. The van der Waals surface area contributed by atoms with Crippen LogP contribution in [0.4, 0.5) is 0 Å². The summed E-state index contributed by atoms with van der Waals surface area (Å²) < 4.78 is 31.2. The third-order valence-electron chi connectivity index (χ3n) is 4.22. The van der Waals surface area contributed by atoms with Crippen molar-refractivity contribution in [2.45, 2.75) is 13.3 Å². The van der Waals surface area contributed by atoms with Crippen molar-refractivity contribution in [2.24, 2.45) is 0 Å². The van der Waals surface area contributed by atoms with Crippen molar-refractivity contribution < 1.29 is 22.7 Å². The second kappa shape index (κ2) is 9.73. The molecule has 0 unspecified atom stereocenters. The Balaban J connectivity index is 1.61. The van der Waals surface area contributed by atoms with Crippen LogP contribution in [0.5, 0.6) is 0 Å². The molecule has 164 valence electrons. The van der Waals surface area contributed by atoms with Gasteiger partial charge in [0.2, 0.25) is 15.8 Å². The van der Waals surface area contributed by atoms with Crippen LogP contribution in [0, 0.1) is 6.92 Å². The standard InChI is InChI=1S/C20H20ClN3O5S2/c1-13-18(19(21)24(23-13)14-6-4-3-5-7-14)20(26)29-12-16(25)17-9-8-15(30-17)10-11-22-31(2,27)28/h3-9,22H,10-12H2,1-2H3. The fourth-order valence-electron chi connectivity index (χ4n) is 2.77. The topological polar surface area (TPSA) is 107 Å². The lowest BCUT2D eigenvalue weighted by molar-refractivity contribution is 0.0475. The highest BCUT2D eigenvalue weighted by Gasteiger charge is 2.23. The molecule has 11 heteroatoms. The van der Waals surface area contributed by atoms with Gasteiger partial charge in [0.25, 0.3) is 0 Å². The Morgan fingerprint density at radius 3 is 2.58 bits per heavy atom. The van der Waals surface area contributed by atoms with Gasteiger partial charge in [-0.3, -0.25) is 4.79 Å². The normalized spacial score (nSPS) is 11.5. The number of carbonyl (C=O) groups excluding carboxylic acids is 2. The summed E-state index contributed by atoms with van der Waals surface area (Å²) in [4.78, 5) is 26.2. The summed E-state index contributed by atoms with van der Waals surface area (Å²) in [7, 11) is -3.26. The number of carbonyl (C=O) groups is 2. The first-order valence-electron chi connectivity index (χ1n) is 9.20. The SMILES string of the molecule is Cc1nn(-c2ccccc2)c(Cl)c1C(=O)OCC(=O)c1ccc(CCNS(C)(=O)=O)s1. The first kappa shape index (κ1) is 23.1. The van der Waals surface area contributed by atoms with Crippen molar-refractivity contribution >= 4 is 44.7 Å². The summed E-state index contributed by atoms with van der Waals surface area (Å²) in [6.45, 7) is 1.44. The highest BCUT2D eigenvalue weighted by Crippen LogP contribution is 2.24. The summed E-state index contributed by atoms with van der Waals surface area (Å²) >= 11 is 7.57. The second-order valence-electron chi connectivity index (χ2n) is 6.68.